The minimum absolute atomic E-state index is 0.917. The summed E-state index contributed by atoms with van der Waals surface area (Å²) in [5.41, 5.74) is 0. The van der Waals surface area contributed by atoms with E-state index in [1.807, 2.05) is 0 Å². The first-order valence-corrected chi connectivity index (χ1v) is 5.19. The molecule has 0 amide bonds. The fourth-order valence-electron chi connectivity index (χ4n) is 2.40. The van der Waals surface area contributed by atoms with Crippen LogP contribution in [0, 0.1) is 17.8 Å². The molecule has 0 N–H and O–H groups in total. The van der Waals surface area contributed by atoms with E-state index in [1.54, 1.807) is 0 Å². The van der Waals surface area contributed by atoms with Gasteiger partial charge in [0.1, 0.15) is 0 Å². The van der Waals surface area contributed by atoms with E-state index >= 15 is 0 Å². The molecule has 0 heterocycles. The monoisotopic (exact) mass is 162 g/mol. The van der Waals surface area contributed by atoms with Crippen LogP contribution in [-0.4, -0.2) is 0 Å². The Morgan fingerprint density at radius 2 is 2.42 bits per heavy atom. The molecule has 0 nitrogen and oxygen atoms in total. The minimum Gasteiger partial charge on any atom is -0.0917 e. The lowest BCUT2D eigenvalue weighted by Gasteiger charge is -2.14. The highest BCUT2D eigenvalue weighted by Gasteiger charge is 2.42. The van der Waals surface area contributed by atoms with E-state index in [2.05, 4.69) is 31.2 Å². The van der Waals surface area contributed by atoms with Gasteiger partial charge in [0.05, 0.1) is 0 Å². The van der Waals surface area contributed by atoms with E-state index in [9.17, 15) is 0 Å². The van der Waals surface area contributed by atoms with E-state index in [0.29, 0.717) is 0 Å². The quantitative estimate of drug-likeness (QED) is 0.557. The van der Waals surface area contributed by atoms with Gasteiger partial charge < -0.3 is 0 Å². The van der Waals surface area contributed by atoms with Crippen LogP contribution in [0.4, 0.5) is 0 Å². The summed E-state index contributed by atoms with van der Waals surface area (Å²) in [7, 11) is 0. The van der Waals surface area contributed by atoms with Crippen molar-refractivity contribution in [2.45, 2.75) is 32.6 Å². The van der Waals surface area contributed by atoms with Gasteiger partial charge in [-0.2, -0.15) is 0 Å². The van der Waals surface area contributed by atoms with Crippen molar-refractivity contribution >= 4 is 0 Å². The summed E-state index contributed by atoms with van der Waals surface area (Å²) in [6.07, 6.45) is 14.8. The summed E-state index contributed by atoms with van der Waals surface area (Å²) in [6.45, 7) is 2.11. The van der Waals surface area contributed by atoms with Crippen molar-refractivity contribution in [1.29, 1.82) is 0 Å². The molecule has 2 rings (SSSR count). The van der Waals surface area contributed by atoms with Crippen LogP contribution in [-0.2, 0) is 0 Å². The Balaban J connectivity index is 1.79. The molecule has 1 fully saturated rings. The van der Waals surface area contributed by atoms with Gasteiger partial charge in [-0.15, -0.1) is 0 Å². The van der Waals surface area contributed by atoms with Crippen LogP contribution in [0.5, 0.6) is 0 Å². The van der Waals surface area contributed by atoms with Crippen molar-refractivity contribution in [3.63, 3.8) is 0 Å². The normalized spacial score (nSPS) is 38.6. The maximum Gasteiger partial charge on any atom is -0.0199 e. The van der Waals surface area contributed by atoms with Gasteiger partial charge in [-0.25, -0.2) is 0 Å². The molecule has 0 aromatic rings. The number of hydrogen-bond donors (Lipinski definition) is 0. The smallest absolute Gasteiger partial charge is 0.0199 e. The van der Waals surface area contributed by atoms with Crippen molar-refractivity contribution in [3.8, 4) is 0 Å². The molecule has 0 aromatic carbocycles. The average Bonchev–Trinajstić information content (AvgIpc) is 2.84. The van der Waals surface area contributed by atoms with Gasteiger partial charge in [0.25, 0.3) is 0 Å². The maximum absolute atomic E-state index is 2.46. The van der Waals surface area contributed by atoms with E-state index in [1.165, 1.54) is 25.7 Å². The first-order valence-electron chi connectivity index (χ1n) is 5.19. The highest BCUT2D eigenvalue weighted by atomic mass is 14.5. The summed E-state index contributed by atoms with van der Waals surface area (Å²) in [5, 5.41) is 0. The highest BCUT2D eigenvalue weighted by Crippen LogP contribution is 2.51. The molecular weight excluding hydrogens is 144 g/mol. The number of allylic oxidation sites excluding steroid dienone is 4. The molecule has 0 aliphatic heterocycles. The molecule has 0 spiro atoms. The second-order valence-corrected chi connectivity index (χ2v) is 4.13. The second kappa shape index (κ2) is 3.47. The third-order valence-corrected chi connectivity index (χ3v) is 3.25. The Morgan fingerprint density at radius 3 is 3.25 bits per heavy atom. The Hall–Kier alpha value is -0.520. The lowest BCUT2D eigenvalue weighted by atomic mass is 9.91. The molecule has 12 heavy (non-hydrogen) atoms. The molecule has 0 bridgehead atoms. The second-order valence-electron chi connectivity index (χ2n) is 4.13. The Kier molecular flexibility index (Phi) is 2.34. The van der Waals surface area contributed by atoms with Gasteiger partial charge in [-0.05, 0) is 50.4 Å². The predicted octanol–water partition coefficient (Wildman–Crippen LogP) is 3.55. The predicted molar refractivity (Wildman–Crippen MR) is 52.9 cm³/mol. The topological polar surface area (TPSA) is 0 Å². The summed E-state index contributed by atoms with van der Waals surface area (Å²) in [4.78, 5) is 0. The lowest BCUT2D eigenvalue weighted by molar-refractivity contribution is 0.476. The number of hydrogen-bond acceptors (Lipinski definition) is 0. The van der Waals surface area contributed by atoms with Gasteiger partial charge >= 0.3 is 0 Å². The number of rotatable bonds is 3. The van der Waals surface area contributed by atoms with Crippen molar-refractivity contribution in [2.75, 3.05) is 0 Å². The third-order valence-electron chi connectivity index (χ3n) is 3.25. The van der Waals surface area contributed by atoms with Crippen LogP contribution >= 0.6 is 0 Å². The molecule has 2 aliphatic rings. The zero-order valence-electron chi connectivity index (χ0n) is 7.87. The molecule has 1 saturated carbocycles. The van der Waals surface area contributed by atoms with Crippen LogP contribution in [0.2, 0.25) is 0 Å². The van der Waals surface area contributed by atoms with E-state index in [-0.39, 0.29) is 0 Å². The first kappa shape index (κ1) is 8.10. The summed E-state index contributed by atoms with van der Waals surface area (Å²) >= 11 is 0. The fraction of sp³-hybridized carbons (Fsp3) is 0.667. The Labute approximate surface area is 75.4 Å². The average molecular weight is 162 g/mol. The Bertz CT molecular complexity index is 200. The zero-order chi connectivity index (χ0) is 8.39. The molecule has 0 heteroatoms. The van der Waals surface area contributed by atoms with Gasteiger partial charge in [0, 0.05) is 0 Å². The third kappa shape index (κ3) is 1.63. The molecule has 3 unspecified atom stereocenters. The zero-order valence-corrected chi connectivity index (χ0v) is 7.87. The summed E-state index contributed by atoms with van der Waals surface area (Å²) in [6, 6.07) is 0. The summed E-state index contributed by atoms with van der Waals surface area (Å²) in [5.74, 6) is 3.06. The fourth-order valence-corrected chi connectivity index (χ4v) is 2.40. The van der Waals surface area contributed by atoms with Crippen molar-refractivity contribution in [3.05, 3.63) is 24.3 Å². The molecule has 0 saturated heterocycles. The standard InChI is InChI=1S/C12H18/c1-2-3-4-6-10-7-5-8-11-9-12(10)11/h2-3,5,7,10-12H,4,6,8-9H2,1H3. The van der Waals surface area contributed by atoms with Crippen molar-refractivity contribution in [2.24, 2.45) is 17.8 Å². The largest absolute Gasteiger partial charge is 0.0917 e. The molecule has 0 radical (unpaired) electrons. The van der Waals surface area contributed by atoms with E-state index < -0.39 is 0 Å². The van der Waals surface area contributed by atoms with Gasteiger partial charge in [0.2, 0.25) is 0 Å². The molecule has 0 aromatic heterocycles. The maximum atomic E-state index is 2.46. The van der Waals surface area contributed by atoms with Crippen LogP contribution in [0.25, 0.3) is 0 Å². The minimum atomic E-state index is 0.917. The van der Waals surface area contributed by atoms with Crippen LogP contribution < -0.4 is 0 Å². The molecule has 3 atom stereocenters. The SMILES string of the molecule is CC=CCCC1C=CCC2CC12. The van der Waals surface area contributed by atoms with Gasteiger partial charge in [-0.1, -0.05) is 24.3 Å². The van der Waals surface area contributed by atoms with Crippen molar-refractivity contribution in [1.82, 2.24) is 0 Å². The van der Waals surface area contributed by atoms with E-state index in [4.69, 9.17) is 0 Å². The van der Waals surface area contributed by atoms with E-state index in [0.717, 1.165) is 17.8 Å². The van der Waals surface area contributed by atoms with Crippen LogP contribution in [0.3, 0.4) is 0 Å². The van der Waals surface area contributed by atoms with Gasteiger partial charge in [-0.3, -0.25) is 0 Å². The molecular formula is C12H18. The number of fused-ring (bicyclic) bond motifs is 1. The highest BCUT2D eigenvalue weighted by molar-refractivity contribution is 5.08. The first-order chi connectivity index (χ1) is 5.92. The van der Waals surface area contributed by atoms with Crippen LogP contribution in [0.15, 0.2) is 24.3 Å². The van der Waals surface area contributed by atoms with Gasteiger partial charge in [0.15, 0.2) is 0 Å². The van der Waals surface area contributed by atoms with Crippen molar-refractivity contribution < 1.29 is 0 Å². The summed E-state index contributed by atoms with van der Waals surface area (Å²) < 4.78 is 0. The lowest BCUT2D eigenvalue weighted by Crippen LogP contribution is -2.04. The Morgan fingerprint density at radius 1 is 1.50 bits per heavy atom. The van der Waals surface area contributed by atoms with Crippen LogP contribution in [0.1, 0.15) is 32.6 Å². The molecule has 2 aliphatic carbocycles. The molecule has 66 valence electrons.